The van der Waals surface area contributed by atoms with Gasteiger partial charge in [-0.2, -0.15) is 0 Å². The lowest BCUT2D eigenvalue weighted by Crippen LogP contribution is -2.06. The predicted molar refractivity (Wildman–Crippen MR) is 83.5 cm³/mol. The van der Waals surface area contributed by atoms with Crippen LogP contribution in [-0.4, -0.2) is 11.7 Å². The second-order valence-corrected chi connectivity index (χ2v) is 5.93. The van der Waals surface area contributed by atoms with Crippen LogP contribution >= 0.6 is 31.9 Å². The van der Waals surface area contributed by atoms with Crippen LogP contribution in [-0.2, 0) is 0 Å². The van der Waals surface area contributed by atoms with Gasteiger partial charge in [-0.3, -0.25) is 0 Å². The summed E-state index contributed by atoms with van der Waals surface area (Å²) < 4.78 is 20.7. The van der Waals surface area contributed by atoms with Crippen LogP contribution in [0.2, 0.25) is 0 Å². The number of aliphatic hydroxyl groups excluding tert-OH is 1. The largest absolute Gasteiger partial charge is 0.493 e. The number of benzene rings is 2. The summed E-state index contributed by atoms with van der Waals surface area (Å²) in [6.45, 7) is 2.33. The minimum Gasteiger partial charge on any atom is -0.493 e. The van der Waals surface area contributed by atoms with Crippen molar-refractivity contribution in [2.75, 3.05) is 6.61 Å². The maximum atomic E-state index is 14.1. The molecule has 2 aromatic rings. The molecule has 106 valence electrons. The van der Waals surface area contributed by atoms with Gasteiger partial charge in [-0.1, -0.05) is 28.1 Å². The average Bonchev–Trinajstić information content (AvgIpc) is 2.43. The van der Waals surface area contributed by atoms with E-state index in [0.717, 1.165) is 4.47 Å². The van der Waals surface area contributed by atoms with E-state index in [1.165, 1.54) is 0 Å². The first-order valence-electron chi connectivity index (χ1n) is 6.08. The van der Waals surface area contributed by atoms with Gasteiger partial charge < -0.3 is 9.84 Å². The maximum Gasteiger partial charge on any atom is 0.143 e. The summed E-state index contributed by atoms with van der Waals surface area (Å²) in [5, 5.41) is 10.5. The first-order valence-corrected chi connectivity index (χ1v) is 7.67. The summed E-state index contributed by atoms with van der Waals surface area (Å²) in [5.41, 5.74) is 0.733. The van der Waals surface area contributed by atoms with Crippen LogP contribution in [0.15, 0.2) is 45.3 Å². The third-order valence-corrected chi connectivity index (χ3v) is 3.95. The summed E-state index contributed by atoms with van der Waals surface area (Å²) in [5.74, 6) is 0.0741. The Morgan fingerprint density at radius 3 is 2.65 bits per heavy atom. The van der Waals surface area contributed by atoms with Gasteiger partial charge in [-0.05, 0) is 47.1 Å². The van der Waals surface area contributed by atoms with Crippen LogP contribution in [0, 0.1) is 5.82 Å². The summed E-state index contributed by atoms with van der Waals surface area (Å²) in [6.07, 6.45) is -1.09. The smallest absolute Gasteiger partial charge is 0.143 e. The highest BCUT2D eigenvalue weighted by atomic mass is 79.9. The molecule has 20 heavy (non-hydrogen) atoms. The molecule has 0 fully saturated rings. The quantitative estimate of drug-likeness (QED) is 0.791. The topological polar surface area (TPSA) is 29.5 Å². The number of ether oxygens (including phenoxy) is 1. The highest BCUT2D eigenvalue weighted by molar-refractivity contribution is 9.10. The van der Waals surface area contributed by atoms with Crippen molar-refractivity contribution < 1.29 is 14.2 Å². The van der Waals surface area contributed by atoms with Crippen molar-refractivity contribution in [3.63, 3.8) is 0 Å². The van der Waals surface area contributed by atoms with Crippen LogP contribution in [0.1, 0.15) is 24.2 Å². The second-order valence-electron chi connectivity index (χ2n) is 4.16. The maximum absolute atomic E-state index is 14.1. The fraction of sp³-hybridized carbons (Fsp3) is 0.200. The molecule has 0 spiro atoms. The Morgan fingerprint density at radius 2 is 1.95 bits per heavy atom. The molecule has 0 amide bonds. The van der Waals surface area contributed by atoms with Gasteiger partial charge in [-0.15, -0.1) is 0 Å². The van der Waals surface area contributed by atoms with E-state index in [0.29, 0.717) is 22.4 Å². The lowest BCUT2D eigenvalue weighted by atomic mass is 10.0. The second kappa shape index (κ2) is 6.70. The first-order chi connectivity index (χ1) is 9.54. The fourth-order valence-electron chi connectivity index (χ4n) is 1.92. The van der Waals surface area contributed by atoms with Crippen LogP contribution in [0.5, 0.6) is 5.75 Å². The normalized spacial score (nSPS) is 12.2. The SMILES string of the molecule is CCOc1ccc(Br)cc1C(O)c1cccc(Br)c1F. The van der Waals surface area contributed by atoms with Crippen LogP contribution < -0.4 is 4.74 Å². The van der Waals surface area contributed by atoms with Gasteiger partial charge in [0, 0.05) is 15.6 Å². The molecule has 0 heterocycles. The van der Waals surface area contributed by atoms with Crippen molar-refractivity contribution in [1.82, 2.24) is 0 Å². The molecule has 1 atom stereocenters. The molecular weight excluding hydrogens is 391 g/mol. The lowest BCUT2D eigenvalue weighted by molar-refractivity contribution is 0.207. The van der Waals surface area contributed by atoms with Gasteiger partial charge in [-0.25, -0.2) is 4.39 Å². The Kier molecular flexibility index (Phi) is 5.18. The molecule has 0 aliphatic carbocycles. The average molecular weight is 404 g/mol. The third kappa shape index (κ3) is 3.22. The summed E-state index contributed by atoms with van der Waals surface area (Å²) >= 11 is 6.48. The van der Waals surface area contributed by atoms with Gasteiger partial charge in [0.2, 0.25) is 0 Å². The number of hydrogen-bond donors (Lipinski definition) is 1. The van der Waals surface area contributed by atoms with E-state index in [4.69, 9.17) is 4.74 Å². The van der Waals surface area contributed by atoms with Gasteiger partial charge in [0.15, 0.2) is 0 Å². The van der Waals surface area contributed by atoms with Gasteiger partial charge in [0.25, 0.3) is 0 Å². The highest BCUT2D eigenvalue weighted by Gasteiger charge is 2.20. The molecule has 1 N–H and O–H groups in total. The third-order valence-electron chi connectivity index (χ3n) is 2.84. The molecule has 2 aromatic carbocycles. The summed E-state index contributed by atoms with van der Waals surface area (Å²) in [7, 11) is 0. The Morgan fingerprint density at radius 1 is 1.20 bits per heavy atom. The standard InChI is InChI=1S/C15H13Br2FO2/c1-2-20-13-7-6-9(16)8-11(13)15(19)10-4-3-5-12(17)14(10)18/h3-8,15,19H,2H2,1H3. The van der Waals surface area contributed by atoms with E-state index >= 15 is 0 Å². The predicted octanol–water partition coefficient (Wildman–Crippen LogP) is 4.83. The van der Waals surface area contributed by atoms with E-state index in [1.54, 1.807) is 30.3 Å². The number of rotatable bonds is 4. The lowest BCUT2D eigenvalue weighted by Gasteiger charge is -2.17. The zero-order valence-electron chi connectivity index (χ0n) is 10.7. The Labute approximate surface area is 133 Å². The van der Waals surface area contributed by atoms with E-state index in [-0.39, 0.29) is 5.56 Å². The zero-order valence-corrected chi connectivity index (χ0v) is 13.9. The van der Waals surface area contributed by atoms with Gasteiger partial charge in [0.05, 0.1) is 11.1 Å². The zero-order chi connectivity index (χ0) is 14.7. The molecule has 5 heteroatoms. The van der Waals surface area contributed by atoms with E-state index < -0.39 is 11.9 Å². The van der Waals surface area contributed by atoms with Crippen molar-refractivity contribution in [2.24, 2.45) is 0 Å². The summed E-state index contributed by atoms with van der Waals surface area (Å²) in [6, 6.07) is 10.1. The van der Waals surface area contributed by atoms with Crippen molar-refractivity contribution >= 4 is 31.9 Å². The molecule has 0 aromatic heterocycles. The van der Waals surface area contributed by atoms with E-state index in [2.05, 4.69) is 31.9 Å². The van der Waals surface area contributed by atoms with Crippen LogP contribution in [0.25, 0.3) is 0 Å². The number of halogens is 3. The number of aliphatic hydroxyl groups is 1. The highest BCUT2D eigenvalue weighted by Crippen LogP contribution is 2.35. The van der Waals surface area contributed by atoms with E-state index in [1.807, 2.05) is 13.0 Å². The monoisotopic (exact) mass is 402 g/mol. The molecule has 0 aliphatic rings. The van der Waals surface area contributed by atoms with Gasteiger partial charge in [0.1, 0.15) is 17.7 Å². The Balaban J connectivity index is 2.49. The van der Waals surface area contributed by atoms with Crippen molar-refractivity contribution in [2.45, 2.75) is 13.0 Å². The fourth-order valence-corrected chi connectivity index (χ4v) is 2.68. The molecule has 2 nitrogen and oxygen atoms in total. The molecule has 2 rings (SSSR count). The summed E-state index contributed by atoms with van der Waals surface area (Å²) in [4.78, 5) is 0. The molecule has 0 bridgehead atoms. The van der Waals surface area contributed by atoms with E-state index in [9.17, 15) is 9.50 Å². The minimum absolute atomic E-state index is 0.207. The van der Waals surface area contributed by atoms with Crippen LogP contribution in [0.3, 0.4) is 0 Å². The van der Waals surface area contributed by atoms with Crippen LogP contribution in [0.4, 0.5) is 4.39 Å². The van der Waals surface area contributed by atoms with Gasteiger partial charge >= 0.3 is 0 Å². The molecular formula is C15H13Br2FO2. The molecule has 1 unspecified atom stereocenters. The minimum atomic E-state index is -1.09. The molecule has 0 aliphatic heterocycles. The molecule has 0 radical (unpaired) electrons. The molecule has 0 saturated heterocycles. The first kappa shape index (κ1) is 15.5. The van der Waals surface area contributed by atoms with Crippen molar-refractivity contribution in [3.8, 4) is 5.75 Å². The number of hydrogen-bond acceptors (Lipinski definition) is 2. The molecule has 0 saturated carbocycles. The van der Waals surface area contributed by atoms with Crippen molar-refractivity contribution in [3.05, 3.63) is 62.3 Å². The Hall–Kier alpha value is -0.910. The Bertz CT molecular complexity index is 617. The van der Waals surface area contributed by atoms with Crippen molar-refractivity contribution in [1.29, 1.82) is 0 Å².